The van der Waals surface area contributed by atoms with E-state index < -0.39 is 6.09 Å². The van der Waals surface area contributed by atoms with Gasteiger partial charge in [-0.1, -0.05) is 38.1 Å². The molecule has 0 fully saturated rings. The molecule has 3 rings (SSSR count). The first kappa shape index (κ1) is 23.0. The van der Waals surface area contributed by atoms with Gasteiger partial charge in [0.1, 0.15) is 0 Å². The fourth-order valence-electron chi connectivity index (χ4n) is 2.65. The third-order valence-electron chi connectivity index (χ3n) is 4.09. The van der Waals surface area contributed by atoms with Crippen LogP contribution in [0.1, 0.15) is 29.9 Å². The molecule has 3 amide bonds. The molecule has 0 unspecified atom stereocenters. The minimum atomic E-state index is -0.547. The molecule has 3 aromatic rings. The fraction of sp³-hybridized carbons (Fsp3) is 0.217. The average molecular weight is 453 g/mol. The maximum Gasteiger partial charge on any atom is 0.411 e. The number of carbonyl (C=O) groups is 3. The van der Waals surface area contributed by atoms with Crippen LogP contribution in [-0.4, -0.2) is 29.5 Å². The van der Waals surface area contributed by atoms with E-state index >= 15 is 0 Å². The number of nitrogens with zero attached hydrogens (tertiary/aromatic N) is 1. The fourth-order valence-corrected chi connectivity index (χ4v) is 3.35. The minimum Gasteiger partial charge on any atom is -0.449 e. The van der Waals surface area contributed by atoms with E-state index in [9.17, 15) is 14.4 Å². The van der Waals surface area contributed by atoms with Crippen LogP contribution >= 0.6 is 11.3 Å². The second-order valence-electron chi connectivity index (χ2n) is 7.39. The number of amides is 3. The quantitative estimate of drug-likeness (QED) is 0.456. The van der Waals surface area contributed by atoms with Crippen LogP contribution in [0.5, 0.6) is 0 Å². The molecule has 3 N–H and O–H groups in total. The monoisotopic (exact) mass is 452 g/mol. The zero-order valence-corrected chi connectivity index (χ0v) is 18.6. The number of aromatic nitrogens is 1. The van der Waals surface area contributed by atoms with Crippen molar-refractivity contribution in [1.29, 1.82) is 0 Å². The van der Waals surface area contributed by atoms with Gasteiger partial charge in [-0.05, 0) is 36.2 Å². The highest BCUT2D eigenvalue weighted by Crippen LogP contribution is 2.19. The SMILES string of the molecule is CC(C)COC(=O)Nc1cccc(NC(=O)Cc2csc(NC(=O)c3ccccc3)n2)c1. The van der Waals surface area contributed by atoms with E-state index in [-0.39, 0.29) is 24.2 Å². The van der Waals surface area contributed by atoms with Gasteiger partial charge in [0.05, 0.1) is 18.7 Å². The summed E-state index contributed by atoms with van der Waals surface area (Å²) in [4.78, 5) is 40.7. The van der Waals surface area contributed by atoms with Crippen LogP contribution < -0.4 is 16.0 Å². The van der Waals surface area contributed by atoms with Gasteiger partial charge in [-0.15, -0.1) is 11.3 Å². The molecule has 1 aromatic heterocycles. The first-order chi connectivity index (χ1) is 15.4. The molecular formula is C23H24N4O4S. The van der Waals surface area contributed by atoms with Crippen LogP contribution in [0.2, 0.25) is 0 Å². The van der Waals surface area contributed by atoms with Gasteiger partial charge in [-0.2, -0.15) is 0 Å². The van der Waals surface area contributed by atoms with Crippen molar-refractivity contribution in [2.24, 2.45) is 5.92 Å². The highest BCUT2D eigenvalue weighted by atomic mass is 32.1. The lowest BCUT2D eigenvalue weighted by atomic mass is 10.2. The highest BCUT2D eigenvalue weighted by Gasteiger charge is 2.12. The summed E-state index contributed by atoms with van der Waals surface area (Å²) in [7, 11) is 0. The number of ether oxygens (including phenoxy) is 1. The molecule has 0 atom stereocenters. The largest absolute Gasteiger partial charge is 0.449 e. The Morgan fingerprint density at radius 3 is 2.41 bits per heavy atom. The molecule has 1 heterocycles. The maximum atomic E-state index is 12.4. The van der Waals surface area contributed by atoms with Crippen molar-refractivity contribution in [3.8, 4) is 0 Å². The number of rotatable bonds is 8. The number of benzene rings is 2. The van der Waals surface area contributed by atoms with Gasteiger partial charge in [0, 0.05) is 22.3 Å². The minimum absolute atomic E-state index is 0.0474. The Hall–Kier alpha value is -3.72. The lowest BCUT2D eigenvalue weighted by Gasteiger charge is -2.10. The Bertz CT molecular complexity index is 1080. The van der Waals surface area contributed by atoms with E-state index in [2.05, 4.69) is 20.9 Å². The molecule has 32 heavy (non-hydrogen) atoms. The predicted molar refractivity (Wildman–Crippen MR) is 125 cm³/mol. The zero-order chi connectivity index (χ0) is 22.9. The Labute approximate surface area is 190 Å². The molecule has 8 nitrogen and oxygen atoms in total. The van der Waals surface area contributed by atoms with Crippen LogP contribution in [0.15, 0.2) is 60.0 Å². The summed E-state index contributed by atoms with van der Waals surface area (Å²) in [6, 6.07) is 15.6. The number of anilines is 3. The summed E-state index contributed by atoms with van der Waals surface area (Å²) in [6.07, 6.45) is -0.499. The molecule has 0 aliphatic rings. The summed E-state index contributed by atoms with van der Waals surface area (Å²) < 4.78 is 5.09. The summed E-state index contributed by atoms with van der Waals surface area (Å²) in [5, 5.41) is 10.3. The first-order valence-corrected chi connectivity index (χ1v) is 10.9. The topological polar surface area (TPSA) is 109 Å². The van der Waals surface area contributed by atoms with Crippen molar-refractivity contribution in [3.05, 3.63) is 71.2 Å². The molecule has 0 bridgehead atoms. The van der Waals surface area contributed by atoms with Gasteiger partial charge >= 0.3 is 6.09 Å². The molecule has 0 aliphatic carbocycles. The van der Waals surface area contributed by atoms with Gasteiger partial charge in [0.2, 0.25) is 5.91 Å². The molecule has 9 heteroatoms. The standard InChI is InChI=1S/C23H24N4O4S/c1-15(2)13-31-23(30)26-18-10-6-9-17(11-18)24-20(28)12-19-14-32-22(25-19)27-21(29)16-7-4-3-5-8-16/h3-11,14-15H,12-13H2,1-2H3,(H,24,28)(H,26,30)(H,25,27,29). The van der Waals surface area contributed by atoms with Crippen LogP contribution in [0.4, 0.5) is 21.3 Å². The molecule has 2 aromatic carbocycles. The molecule has 0 saturated carbocycles. The van der Waals surface area contributed by atoms with E-state index in [1.807, 2.05) is 19.9 Å². The van der Waals surface area contributed by atoms with Crippen molar-refractivity contribution < 1.29 is 19.1 Å². The normalized spacial score (nSPS) is 10.5. The van der Waals surface area contributed by atoms with Crippen LogP contribution in [-0.2, 0) is 16.0 Å². The number of hydrogen-bond donors (Lipinski definition) is 3. The number of nitrogens with one attached hydrogen (secondary N) is 3. The van der Waals surface area contributed by atoms with Crippen LogP contribution in [0, 0.1) is 5.92 Å². The lowest BCUT2D eigenvalue weighted by Crippen LogP contribution is -2.17. The van der Waals surface area contributed by atoms with Crippen molar-refractivity contribution in [2.45, 2.75) is 20.3 Å². The second-order valence-corrected chi connectivity index (χ2v) is 8.25. The first-order valence-electron chi connectivity index (χ1n) is 10.0. The smallest absolute Gasteiger partial charge is 0.411 e. The van der Waals surface area contributed by atoms with Gasteiger partial charge in [0.15, 0.2) is 5.13 Å². The van der Waals surface area contributed by atoms with Crippen LogP contribution in [0.3, 0.4) is 0 Å². The Balaban J connectivity index is 1.52. The highest BCUT2D eigenvalue weighted by molar-refractivity contribution is 7.14. The second kappa shape index (κ2) is 11.1. The van der Waals surface area contributed by atoms with E-state index in [1.54, 1.807) is 53.9 Å². The van der Waals surface area contributed by atoms with Gasteiger partial charge in [-0.3, -0.25) is 20.2 Å². The molecular weight excluding hydrogens is 428 g/mol. The summed E-state index contributed by atoms with van der Waals surface area (Å²) in [6.45, 7) is 4.22. The summed E-state index contributed by atoms with van der Waals surface area (Å²) in [5.41, 5.74) is 2.12. The number of hydrogen-bond acceptors (Lipinski definition) is 6. The summed E-state index contributed by atoms with van der Waals surface area (Å²) in [5.74, 6) is -0.285. The van der Waals surface area contributed by atoms with Gasteiger partial charge in [-0.25, -0.2) is 9.78 Å². The van der Waals surface area contributed by atoms with Crippen molar-refractivity contribution in [1.82, 2.24) is 4.98 Å². The van der Waals surface area contributed by atoms with Crippen molar-refractivity contribution in [3.63, 3.8) is 0 Å². The Kier molecular flexibility index (Phi) is 7.93. The van der Waals surface area contributed by atoms with E-state index in [4.69, 9.17) is 4.74 Å². The third-order valence-corrected chi connectivity index (χ3v) is 4.90. The van der Waals surface area contributed by atoms with Crippen molar-refractivity contribution >= 4 is 45.8 Å². The molecule has 0 aliphatic heterocycles. The maximum absolute atomic E-state index is 12.4. The number of carbonyl (C=O) groups excluding carboxylic acids is 3. The molecule has 166 valence electrons. The van der Waals surface area contributed by atoms with Crippen LogP contribution in [0.25, 0.3) is 0 Å². The molecule has 0 spiro atoms. The Morgan fingerprint density at radius 1 is 0.969 bits per heavy atom. The van der Waals surface area contributed by atoms with E-state index in [0.29, 0.717) is 34.4 Å². The number of thiazole rings is 1. The Morgan fingerprint density at radius 2 is 1.69 bits per heavy atom. The lowest BCUT2D eigenvalue weighted by molar-refractivity contribution is -0.115. The average Bonchev–Trinajstić information content (AvgIpc) is 3.19. The van der Waals surface area contributed by atoms with E-state index in [0.717, 1.165) is 0 Å². The zero-order valence-electron chi connectivity index (χ0n) is 17.8. The summed E-state index contributed by atoms with van der Waals surface area (Å²) >= 11 is 1.25. The van der Waals surface area contributed by atoms with Gasteiger partial charge in [0.25, 0.3) is 5.91 Å². The third kappa shape index (κ3) is 7.21. The van der Waals surface area contributed by atoms with Crippen molar-refractivity contribution in [2.75, 3.05) is 22.6 Å². The van der Waals surface area contributed by atoms with E-state index in [1.165, 1.54) is 11.3 Å². The molecule has 0 radical (unpaired) electrons. The predicted octanol–water partition coefficient (Wildman–Crippen LogP) is 4.78. The molecule has 0 saturated heterocycles. The van der Waals surface area contributed by atoms with Gasteiger partial charge < -0.3 is 10.1 Å².